The Morgan fingerprint density at radius 2 is 1.93 bits per heavy atom. The summed E-state index contributed by atoms with van der Waals surface area (Å²) in [5, 5.41) is 1.90. The van der Waals surface area contributed by atoms with Crippen LogP contribution in [0.4, 0.5) is 13.6 Å². The third-order valence-corrected chi connectivity index (χ3v) is 8.63. The Morgan fingerprint density at radius 3 is 2.73 bits per heavy atom. The van der Waals surface area contributed by atoms with E-state index in [0.717, 1.165) is 29.2 Å². The summed E-state index contributed by atoms with van der Waals surface area (Å²) < 4.78 is 46.2. The number of aromatic nitrogens is 1. The fourth-order valence-corrected chi connectivity index (χ4v) is 6.74. The van der Waals surface area contributed by atoms with Crippen LogP contribution in [0.1, 0.15) is 46.1 Å². The molecule has 3 aliphatic heterocycles. The molecular weight excluding hydrogens is 556 g/mol. The van der Waals surface area contributed by atoms with Gasteiger partial charge in [0.15, 0.2) is 17.3 Å². The highest BCUT2D eigenvalue weighted by Crippen LogP contribution is 2.46. The fraction of sp³-hybridized carbons (Fsp3) is 0.276. The Bertz CT molecular complexity index is 1640. The SMILES string of the molecule is C=C1CCN2C(=O)c3c(OCOC(=O)OC)c(=O)ccn3N([C@@H]3c4ccccc4SCc4c3ccc(F)c4F)[C@@H]2C1. The molecule has 9 nitrogen and oxygen atoms in total. The van der Waals surface area contributed by atoms with Crippen molar-refractivity contribution in [3.63, 3.8) is 0 Å². The molecule has 0 spiro atoms. The lowest BCUT2D eigenvalue weighted by molar-refractivity contribution is 0.0128. The molecule has 2 atom stereocenters. The number of ether oxygens (including phenoxy) is 3. The molecule has 41 heavy (non-hydrogen) atoms. The number of pyridine rings is 1. The number of amides is 1. The van der Waals surface area contributed by atoms with Crippen LogP contribution in [0.25, 0.3) is 0 Å². The summed E-state index contributed by atoms with van der Waals surface area (Å²) in [5.41, 5.74) is 1.84. The molecule has 6 rings (SSSR count). The number of piperidine rings is 1. The molecule has 0 N–H and O–H groups in total. The minimum atomic E-state index is -1.02. The van der Waals surface area contributed by atoms with E-state index in [-0.39, 0.29) is 22.8 Å². The van der Waals surface area contributed by atoms with E-state index in [4.69, 9.17) is 9.47 Å². The van der Waals surface area contributed by atoms with Gasteiger partial charge in [-0.2, -0.15) is 0 Å². The van der Waals surface area contributed by atoms with E-state index in [1.807, 2.05) is 29.3 Å². The largest absolute Gasteiger partial charge is 0.510 e. The number of carbonyl (C=O) groups excluding carboxylic acids is 2. The Hall–Kier alpha value is -4.32. The highest BCUT2D eigenvalue weighted by molar-refractivity contribution is 7.98. The van der Waals surface area contributed by atoms with Crippen molar-refractivity contribution < 1.29 is 32.6 Å². The third kappa shape index (κ3) is 4.51. The van der Waals surface area contributed by atoms with Gasteiger partial charge in [0.05, 0.1) is 13.2 Å². The monoisotopic (exact) mass is 581 g/mol. The highest BCUT2D eigenvalue weighted by atomic mass is 32.2. The normalized spacial score (nSPS) is 19.4. The van der Waals surface area contributed by atoms with Crippen LogP contribution in [0.5, 0.6) is 5.75 Å². The molecule has 1 fully saturated rings. The summed E-state index contributed by atoms with van der Waals surface area (Å²) in [6.07, 6.45) is 0.876. The number of nitrogens with zero attached hydrogens (tertiary/aromatic N) is 3. The van der Waals surface area contributed by atoms with Crippen molar-refractivity contribution >= 4 is 23.8 Å². The van der Waals surface area contributed by atoms with E-state index < -0.39 is 48.1 Å². The van der Waals surface area contributed by atoms with Gasteiger partial charge in [0.2, 0.25) is 18.0 Å². The van der Waals surface area contributed by atoms with E-state index in [2.05, 4.69) is 11.3 Å². The quantitative estimate of drug-likeness (QED) is 0.249. The summed E-state index contributed by atoms with van der Waals surface area (Å²) in [4.78, 5) is 40.9. The van der Waals surface area contributed by atoms with Crippen LogP contribution in [0.2, 0.25) is 0 Å². The van der Waals surface area contributed by atoms with E-state index in [1.54, 1.807) is 15.6 Å². The molecular formula is C29H25F2N3O6S. The van der Waals surface area contributed by atoms with Crippen LogP contribution in [-0.4, -0.2) is 48.3 Å². The van der Waals surface area contributed by atoms with Gasteiger partial charge in [-0.1, -0.05) is 36.4 Å². The van der Waals surface area contributed by atoms with Gasteiger partial charge >= 0.3 is 6.16 Å². The lowest BCUT2D eigenvalue weighted by Gasteiger charge is -2.52. The van der Waals surface area contributed by atoms with E-state index >= 15 is 4.39 Å². The van der Waals surface area contributed by atoms with Gasteiger partial charge in [-0.25, -0.2) is 13.6 Å². The second kappa shape index (κ2) is 10.6. The van der Waals surface area contributed by atoms with Gasteiger partial charge in [-0.05, 0) is 29.7 Å². The summed E-state index contributed by atoms with van der Waals surface area (Å²) in [6, 6.07) is 10.8. The number of fused-ring (bicyclic) bond motifs is 4. The Labute approximate surface area is 237 Å². The molecule has 2 aromatic carbocycles. The summed E-state index contributed by atoms with van der Waals surface area (Å²) >= 11 is 1.40. The average molecular weight is 582 g/mol. The molecule has 12 heteroatoms. The zero-order valence-corrected chi connectivity index (χ0v) is 22.8. The van der Waals surface area contributed by atoms with Crippen molar-refractivity contribution in [1.29, 1.82) is 0 Å². The van der Waals surface area contributed by atoms with Gasteiger partial charge in [0, 0.05) is 41.4 Å². The van der Waals surface area contributed by atoms with E-state index in [0.29, 0.717) is 24.9 Å². The average Bonchev–Trinajstić information content (AvgIpc) is 3.13. The van der Waals surface area contributed by atoms with Crippen LogP contribution in [-0.2, 0) is 15.2 Å². The lowest BCUT2D eigenvalue weighted by atomic mass is 9.91. The molecule has 0 bridgehead atoms. The Kier molecular flexibility index (Phi) is 6.94. The molecule has 1 saturated heterocycles. The number of rotatable bonds is 4. The van der Waals surface area contributed by atoms with Gasteiger partial charge in [-0.3, -0.25) is 19.3 Å². The van der Waals surface area contributed by atoms with Gasteiger partial charge in [-0.15, -0.1) is 11.8 Å². The maximum Gasteiger partial charge on any atom is 0.510 e. The molecule has 3 aliphatic rings. The Morgan fingerprint density at radius 1 is 1.12 bits per heavy atom. The molecule has 4 heterocycles. The molecule has 212 valence electrons. The number of thioether (sulfide) groups is 1. The van der Waals surface area contributed by atoms with Crippen molar-refractivity contribution in [2.45, 2.75) is 35.7 Å². The lowest BCUT2D eigenvalue weighted by Crippen LogP contribution is -2.64. The van der Waals surface area contributed by atoms with Crippen molar-refractivity contribution in [3.05, 3.63) is 105 Å². The number of methoxy groups -OCH3 is 1. The van der Waals surface area contributed by atoms with Gasteiger partial charge in [0.25, 0.3) is 5.91 Å². The van der Waals surface area contributed by atoms with Crippen LogP contribution in [0.3, 0.4) is 0 Å². The van der Waals surface area contributed by atoms with Crippen LogP contribution in [0, 0.1) is 11.6 Å². The Balaban J connectivity index is 1.59. The zero-order valence-electron chi connectivity index (χ0n) is 22.0. The minimum absolute atomic E-state index is 0.0757. The van der Waals surface area contributed by atoms with Crippen molar-refractivity contribution in [2.75, 3.05) is 25.5 Å². The molecule has 0 aliphatic carbocycles. The standard InChI is InChI=1S/C29H25F2N3O6S/c1-16-9-11-32-23(13-16)34(33-12-10-21(35)27(26(33)28(32)36)39-15-40-29(37)38-2)25-17-7-8-20(30)24(31)19(17)14-41-22-6-4-3-5-18(22)25/h3-8,10,12,23,25H,1,9,11,13-15H2,2H3/t23-,25+/m1/s1. The van der Waals surface area contributed by atoms with Crippen LogP contribution < -0.4 is 15.2 Å². The first-order valence-electron chi connectivity index (χ1n) is 12.8. The van der Waals surface area contributed by atoms with E-state index in [1.165, 1.54) is 24.0 Å². The first-order valence-corrected chi connectivity index (χ1v) is 13.8. The first kappa shape index (κ1) is 26.9. The van der Waals surface area contributed by atoms with Crippen LogP contribution >= 0.6 is 11.8 Å². The van der Waals surface area contributed by atoms with Gasteiger partial charge < -0.3 is 19.1 Å². The number of halogens is 2. The summed E-state index contributed by atoms with van der Waals surface area (Å²) in [5.74, 6) is -2.42. The van der Waals surface area contributed by atoms with Gasteiger partial charge in [0.1, 0.15) is 6.17 Å². The predicted octanol–water partition coefficient (Wildman–Crippen LogP) is 4.71. The minimum Gasteiger partial charge on any atom is -0.451 e. The topological polar surface area (TPSA) is 90.3 Å². The molecule has 1 aromatic heterocycles. The predicted molar refractivity (Wildman–Crippen MR) is 145 cm³/mol. The van der Waals surface area contributed by atoms with Crippen molar-refractivity contribution in [2.24, 2.45) is 0 Å². The number of benzene rings is 2. The third-order valence-electron chi connectivity index (χ3n) is 7.51. The number of hydrogen-bond acceptors (Lipinski definition) is 8. The zero-order chi connectivity index (χ0) is 28.8. The number of hydrogen-bond donors (Lipinski definition) is 0. The molecule has 0 saturated carbocycles. The molecule has 3 aromatic rings. The molecule has 0 unspecified atom stereocenters. The fourth-order valence-electron chi connectivity index (χ4n) is 5.63. The van der Waals surface area contributed by atoms with Crippen LogP contribution in [0.15, 0.2) is 70.5 Å². The maximum absolute atomic E-state index is 15.3. The highest BCUT2D eigenvalue weighted by Gasteiger charge is 2.46. The van der Waals surface area contributed by atoms with Crippen molar-refractivity contribution in [1.82, 2.24) is 9.58 Å². The molecule has 1 amide bonds. The van der Waals surface area contributed by atoms with E-state index in [9.17, 15) is 18.8 Å². The first-order chi connectivity index (χ1) is 19.8. The summed E-state index contributed by atoms with van der Waals surface area (Å²) in [7, 11) is 1.13. The van der Waals surface area contributed by atoms with Crippen molar-refractivity contribution in [3.8, 4) is 5.75 Å². The smallest absolute Gasteiger partial charge is 0.451 e. The molecule has 0 radical (unpaired) electrons. The summed E-state index contributed by atoms with van der Waals surface area (Å²) in [6.45, 7) is 3.84. The maximum atomic E-state index is 15.3. The second-order valence-corrected chi connectivity index (χ2v) is 10.8. The number of carbonyl (C=O) groups is 2. The second-order valence-electron chi connectivity index (χ2n) is 9.78.